The van der Waals surface area contributed by atoms with E-state index in [0.29, 0.717) is 24.2 Å². The van der Waals surface area contributed by atoms with Crippen molar-refractivity contribution in [2.45, 2.75) is 102 Å². The Hall–Kier alpha value is -5.52. The average molecular weight is 845 g/mol. The molecule has 2 heterocycles. The number of likely N-dealkylation sites (tertiary alicyclic amines) is 2. The van der Waals surface area contributed by atoms with E-state index < -0.39 is 23.7 Å². The van der Waals surface area contributed by atoms with Gasteiger partial charge in [0, 0.05) is 74.3 Å². The summed E-state index contributed by atoms with van der Waals surface area (Å²) in [6.45, 7) is 5.74. The van der Waals surface area contributed by atoms with Crippen LogP contribution in [-0.4, -0.2) is 96.6 Å². The molecule has 0 spiro atoms. The fourth-order valence-corrected chi connectivity index (χ4v) is 9.34. The number of carbonyl (C=O) groups excluding carboxylic acids is 6. The molecule has 62 heavy (non-hydrogen) atoms. The van der Waals surface area contributed by atoms with E-state index >= 15 is 0 Å². The smallest absolute Gasteiger partial charge is 0.253 e. The summed E-state index contributed by atoms with van der Waals surface area (Å²) in [5.74, 6) is -3.83. The first-order chi connectivity index (χ1) is 30.2. The fraction of sp³-hybridized carbons (Fsp3) is 0.520. The van der Waals surface area contributed by atoms with Crippen LogP contribution < -0.4 is 21.3 Å². The van der Waals surface area contributed by atoms with Crippen molar-refractivity contribution in [1.29, 1.82) is 0 Å². The minimum atomic E-state index is -0.696. The van der Waals surface area contributed by atoms with Crippen molar-refractivity contribution in [3.8, 4) is 0 Å². The van der Waals surface area contributed by atoms with Crippen LogP contribution >= 0.6 is 0 Å². The van der Waals surface area contributed by atoms with Crippen molar-refractivity contribution in [3.05, 3.63) is 107 Å². The second-order valence-corrected chi connectivity index (χ2v) is 17.9. The van der Waals surface area contributed by atoms with Gasteiger partial charge in [-0.25, -0.2) is 0 Å². The lowest BCUT2D eigenvalue weighted by molar-refractivity contribution is -0.133. The van der Waals surface area contributed by atoms with Gasteiger partial charge in [-0.1, -0.05) is 113 Å². The van der Waals surface area contributed by atoms with E-state index in [0.717, 1.165) is 64.2 Å². The van der Waals surface area contributed by atoms with Crippen LogP contribution in [0, 0.1) is 23.7 Å². The first-order valence-corrected chi connectivity index (χ1v) is 23.1. The van der Waals surface area contributed by atoms with Gasteiger partial charge >= 0.3 is 0 Å². The number of hydrogen-bond acceptors (Lipinski definition) is 6. The highest BCUT2D eigenvalue weighted by Crippen LogP contribution is 2.42. The second kappa shape index (κ2) is 21.0. The predicted molar refractivity (Wildman–Crippen MR) is 238 cm³/mol. The summed E-state index contributed by atoms with van der Waals surface area (Å²) < 4.78 is 0. The third kappa shape index (κ3) is 11.1. The largest absolute Gasteiger partial charge is 0.356 e. The normalized spacial score (nSPS) is 24.9. The molecule has 0 radical (unpaired) electrons. The lowest BCUT2D eigenvalue weighted by Crippen LogP contribution is -2.42. The molecule has 0 bridgehead atoms. The van der Waals surface area contributed by atoms with Crippen molar-refractivity contribution < 1.29 is 28.8 Å². The second-order valence-electron chi connectivity index (χ2n) is 17.9. The Balaban J connectivity index is 0.987. The molecule has 7 rings (SSSR count). The van der Waals surface area contributed by atoms with Crippen molar-refractivity contribution >= 4 is 35.4 Å². The molecule has 3 aromatic rings. The quantitative estimate of drug-likeness (QED) is 0.105. The molecule has 2 saturated carbocycles. The van der Waals surface area contributed by atoms with Crippen molar-refractivity contribution in [1.82, 2.24) is 31.1 Å². The number of unbranched alkanes of at least 4 members (excludes halogenated alkanes) is 6. The van der Waals surface area contributed by atoms with Gasteiger partial charge in [0.2, 0.25) is 23.6 Å². The number of rotatable bonds is 20. The average Bonchev–Trinajstić information content (AvgIpc) is 4.14. The zero-order chi connectivity index (χ0) is 43.6. The molecule has 6 amide bonds. The molecule has 0 aromatic heterocycles. The maximum Gasteiger partial charge on any atom is 0.253 e. The van der Waals surface area contributed by atoms with Crippen molar-refractivity contribution in [3.63, 3.8) is 0 Å². The Bertz CT molecular complexity index is 1880. The third-order valence-corrected chi connectivity index (χ3v) is 13.3. The molecule has 12 heteroatoms. The lowest BCUT2D eigenvalue weighted by atomic mass is 9.94. The first-order valence-electron chi connectivity index (χ1n) is 23.1. The van der Waals surface area contributed by atoms with Crippen molar-refractivity contribution in [2.24, 2.45) is 23.7 Å². The Kier molecular flexibility index (Phi) is 15.1. The monoisotopic (exact) mass is 844 g/mol. The van der Waals surface area contributed by atoms with E-state index in [1.165, 1.54) is 11.1 Å². The van der Waals surface area contributed by atoms with E-state index in [4.69, 9.17) is 0 Å². The number of carbonyl (C=O) groups is 6. The van der Waals surface area contributed by atoms with Crippen LogP contribution in [0.4, 0.5) is 0 Å². The van der Waals surface area contributed by atoms with Gasteiger partial charge < -0.3 is 31.1 Å². The van der Waals surface area contributed by atoms with E-state index in [1.54, 1.807) is 34.1 Å². The van der Waals surface area contributed by atoms with E-state index in [1.807, 2.05) is 36.4 Å². The summed E-state index contributed by atoms with van der Waals surface area (Å²) in [6, 6.07) is 26.5. The summed E-state index contributed by atoms with van der Waals surface area (Å²) >= 11 is 0. The minimum absolute atomic E-state index is 0.0110. The zero-order valence-electron chi connectivity index (χ0n) is 36.4. The SMILES string of the molecule is CCCCCCNC(=O)[C@@H]1CN(C(=O)c2ccc(C(=O)N3C[C@@H](C(=O)NCCCCCC)[C@H](C(=O)N[C@@H]4C[C@H]4c4ccccc4)C3)cc2)C[C@H]1C(=O)N[C@@H]1C[C@H]1c1ccccc1. The van der Waals surface area contributed by atoms with Gasteiger partial charge in [0.1, 0.15) is 0 Å². The highest BCUT2D eigenvalue weighted by molar-refractivity contribution is 6.00. The summed E-state index contributed by atoms with van der Waals surface area (Å²) in [4.78, 5) is 85.8. The molecule has 4 fully saturated rings. The summed E-state index contributed by atoms with van der Waals surface area (Å²) in [7, 11) is 0. The summed E-state index contributed by atoms with van der Waals surface area (Å²) in [5, 5.41) is 12.4. The van der Waals surface area contributed by atoms with Crippen molar-refractivity contribution in [2.75, 3.05) is 39.3 Å². The van der Waals surface area contributed by atoms with E-state index in [2.05, 4.69) is 59.4 Å². The molecule has 2 saturated heterocycles. The first kappa shape index (κ1) is 44.5. The summed E-state index contributed by atoms with van der Waals surface area (Å²) in [6.07, 6.45) is 9.73. The lowest BCUT2D eigenvalue weighted by Gasteiger charge is -2.18. The van der Waals surface area contributed by atoms with Crippen LogP contribution in [0.15, 0.2) is 84.9 Å². The Morgan fingerprint density at radius 2 is 0.823 bits per heavy atom. The van der Waals surface area contributed by atoms with Crippen LogP contribution in [-0.2, 0) is 19.2 Å². The molecule has 0 unspecified atom stereocenters. The van der Waals surface area contributed by atoms with E-state index in [-0.39, 0.29) is 85.5 Å². The molecular weight excluding hydrogens is 781 g/mol. The molecule has 3 aromatic carbocycles. The van der Waals surface area contributed by atoms with Crippen LogP contribution in [0.3, 0.4) is 0 Å². The topological polar surface area (TPSA) is 157 Å². The molecular formula is C50H64N6O6. The molecule has 330 valence electrons. The highest BCUT2D eigenvalue weighted by Gasteiger charge is 2.48. The number of amides is 6. The molecule has 2 aliphatic heterocycles. The third-order valence-electron chi connectivity index (χ3n) is 13.3. The Morgan fingerprint density at radius 1 is 0.468 bits per heavy atom. The molecule has 2 aliphatic carbocycles. The number of nitrogens with one attached hydrogen (secondary N) is 4. The van der Waals surface area contributed by atoms with Gasteiger partial charge in [0.25, 0.3) is 11.8 Å². The zero-order valence-corrected chi connectivity index (χ0v) is 36.4. The van der Waals surface area contributed by atoms with Crippen LogP contribution in [0.5, 0.6) is 0 Å². The van der Waals surface area contributed by atoms with Crippen LogP contribution in [0.1, 0.15) is 122 Å². The Morgan fingerprint density at radius 3 is 1.18 bits per heavy atom. The van der Waals surface area contributed by atoms with Gasteiger partial charge in [-0.15, -0.1) is 0 Å². The van der Waals surface area contributed by atoms with Crippen LogP contribution in [0.2, 0.25) is 0 Å². The van der Waals surface area contributed by atoms with Gasteiger partial charge in [0.05, 0.1) is 23.7 Å². The fourth-order valence-electron chi connectivity index (χ4n) is 9.34. The number of benzene rings is 3. The maximum atomic E-state index is 14.0. The Labute approximate surface area is 366 Å². The highest BCUT2D eigenvalue weighted by atomic mass is 16.2. The number of hydrogen-bond donors (Lipinski definition) is 4. The van der Waals surface area contributed by atoms with Gasteiger partial charge in [-0.3, -0.25) is 28.8 Å². The number of nitrogens with zero attached hydrogens (tertiary/aromatic N) is 2. The standard InChI is InChI=1S/C50H64N6O6/c1-3-5-7-15-25-51-45(57)39-29-55(31-41(39)47(59)53-43-27-37(43)33-17-11-9-12-18-33)49(61)35-21-23-36(24-22-35)50(62)56-30-40(46(58)52-26-16-8-6-4-2)42(32-56)48(60)54-44-28-38(44)34-19-13-10-14-20-34/h9-14,17-24,37-44H,3-8,15-16,25-32H2,1-2H3,(H,51,57)(H,52,58)(H,53,59)(H,54,60)/t37-,38-,39+,40+,41+,42+,43+,44+/m0/s1. The molecule has 4 N–H and O–H groups in total. The minimum Gasteiger partial charge on any atom is -0.356 e. The van der Waals surface area contributed by atoms with Gasteiger partial charge in [-0.05, 0) is 61.1 Å². The summed E-state index contributed by atoms with van der Waals surface area (Å²) in [5.41, 5.74) is 3.01. The maximum absolute atomic E-state index is 14.0. The molecule has 4 aliphatic rings. The molecule has 12 nitrogen and oxygen atoms in total. The predicted octanol–water partition coefficient (Wildman–Crippen LogP) is 5.80. The van der Waals surface area contributed by atoms with E-state index in [9.17, 15) is 28.8 Å². The molecule has 8 atom stereocenters. The van der Waals surface area contributed by atoms with Crippen LogP contribution in [0.25, 0.3) is 0 Å². The van der Waals surface area contributed by atoms with Gasteiger partial charge in [-0.2, -0.15) is 0 Å². The van der Waals surface area contributed by atoms with Gasteiger partial charge in [0.15, 0.2) is 0 Å².